The number of hydrogen-bond donors (Lipinski definition) is 1. The lowest BCUT2D eigenvalue weighted by molar-refractivity contribution is 0.0949. The van der Waals surface area contributed by atoms with Gasteiger partial charge in [0.2, 0.25) is 0 Å². The van der Waals surface area contributed by atoms with Crippen molar-refractivity contribution in [2.75, 3.05) is 14.2 Å². The minimum absolute atomic E-state index is 0.156. The fraction of sp³-hybridized carbons (Fsp3) is 0.444. The molecule has 1 N–H and O–H groups in total. The largest absolute Gasteiger partial charge is 0.493 e. The van der Waals surface area contributed by atoms with Crippen LogP contribution >= 0.6 is 0 Å². The highest BCUT2D eigenvalue weighted by atomic mass is 16.5. The van der Waals surface area contributed by atoms with Gasteiger partial charge in [0.05, 0.1) is 26.5 Å². The number of imidazole rings is 1. The van der Waals surface area contributed by atoms with Gasteiger partial charge in [0.1, 0.15) is 5.82 Å². The average molecular weight is 329 g/mol. The van der Waals surface area contributed by atoms with Crippen LogP contribution in [0.15, 0.2) is 18.2 Å². The smallest absolute Gasteiger partial charge is 0.251 e. The van der Waals surface area contributed by atoms with Crippen molar-refractivity contribution in [3.8, 4) is 11.5 Å². The lowest BCUT2D eigenvalue weighted by Gasteiger charge is -2.12. The van der Waals surface area contributed by atoms with Crippen LogP contribution in [-0.4, -0.2) is 29.7 Å². The number of ether oxygens (including phenoxy) is 2. The van der Waals surface area contributed by atoms with Crippen molar-refractivity contribution in [1.82, 2.24) is 14.9 Å². The first-order valence-electron chi connectivity index (χ1n) is 8.17. The maximum Gasteiger partial charge on any atom is 0.251 e. The van der Waals surface area contributed by atoms with E-state index in [4.69, 9.17) is 9.47 Å². The Morgan fingerprint density at radius 1 is 1.21 bits per heavy atom. The van der Waals surface area contributed by atoms with Gasteiger partial charge in [-0.1, -0.05) is 0 Å². The molecule has 0 aliphatic heterocycles. The predicted octanol–water partition coefficient (Wildman–Crippen LogP) is 2.25. The minimum atomic E-state index is -0.156. The molecule has 3 rings (SSSR count). The van der Waals surface area contributed by atoms with E-state index in [2.05, 4.69) is 14.9 Å². The molecule has 1 amide bonds. The number of hydrogen-bond acceptors (Lipinski definition) is 4. The molecule has 0 saturated carbocycles. The minimum Gasteiger partial charge on any atom is -0.493 e. The Hall–Kier alpha value is -2.50. The molecule has 0 fully saturated rings. The standard InChI is InChI=1S/C18H23N3O3/c1-21-14-7-5-4-6-13(14)20-17(21)11-19-18(22)12-8-9-15(23-2)16(10-12)24-3/h8-10H,4-7,11H2,1-3H3,(H,19,22). The fourth-order valence-electron chi connectivity index (χ4n) is 3.14. The third-order valence-corrected chi connectivity index (χ3v) is 4.52. The average Bonchev–Trinajstić information content (AvgIpc) is 2.95. The van der Waals surface area contributed by atoms with E-state index >= 15 is 0 Å². The Bertz CT molecular complexity index is 752. The van der Waals surface area contributed by atoms with Gasteiger partial charge in [-0.25, -0.2) is 4.98 Å². The van der Waals surface area contributed by atoms with E-state index in [1.807, 2.05) is 7.05 Å². The van der Waals surface area contributed by atoms with Gasteiger partial charge in [0, 0.05) is 18.3 Å². The number of nitrogens with one attached hydrogen (secondary N) is 1. The number of methoxy groups -OCH3 is 2. The monoisotopic (exact) mass is 329 g/mol. The van der Waals surface area contributed by atoms with Gasteiger partial charge in [0.25, 0.3) is 5.91 Å². The van der Waals surface area contributed by atoms with E-state index in [-0.39, 0.29) is 5.91 Å². The van der Waals surface area contributed by atoms with Crippen molar-refractivity contribution in [3.05, 3.63) is 41.0 Å². The number of nitrogens with zero attached hydrogens (tertiary/aromatic N) is 2. The Labute approximate surface area is 141 Å². The zero-order chi connectivity index (χ0) is 17.1. The molecule has 128 valence electrons. The number of carbonyl (C=O) groups is 1. The molecule has 1 aliphatic rings. The number of aryl methyl sites for hydroxylation is 1. The molecule has 1 aromatic carbocycles. The molecular weight excluding hydrogens is 306 g/mol. The van der Waals surface area contributed by atoms with Crippen molar-refractivity contribution in [3.63, 3.8) is 0 Å². The second-order valence-corrected chi connectivity index (χ2v) is 5.94. The topological polar surface area (TPSA) is 65.4 Å². The van der Waals surface area contributed by atoms with Crippen LogP contribution in [0.5, 0.6) is 11.5 Å². The first kappa shape index (κ1) is 16.4. The van der Waals surface area contributed by atoms with E-state index in [1.54, 1.807) is 32.4 Å². The van der Waals surface area contributed by atoms with Crippen molar-refractivity contribution in [2.24, 2.45) is 7.05 Å². The predicted molar refractivity (Wildman–Crippen MR) is 90.6 cm³/mol. The summed E-state index contributed by atoms with van der Waals surface area (Å²) >= 11 is 0. The highest BCUT2D eigenvalue weighted by Gasteiger charge is 2.18. The van der Waals surface area contributed by atoms with Gasteiger partial charge >= 0.3 is 0 Å². The van der Waals surface area contributed by atoms with Crippen LogP contribution in [0.3, 0.4) is 0 Å². The van der Waals surface area contributed by atoms with E-state index in [9.17, 15) is 4.79 Å². The first-order chi connectivity index (χ1) is 11.6. The van der Waals surface area contributed by atoms with E-state index in [0.717, 1.165) is 18.7 Å². The van der Waals surface area contributed by atoms with E-state index in [0.29, 0.717) is 23.6 Å². The molecule has 0 atom stereocenters. The van der Waals surface area contributed by atoms with Crippen molar-refractivity contribution in [1.29, 1.82) is 0 Å². The number of fused-ring (bicyclic) bond motifs is 1. The van der Waals surface area contributed by atoms with Crippen LogP contribution in [0, 0.1) is 0 Å². The van der Waals surface area contributed by atoms with Crippen LogP contribution in [-0.2, 0) is 26.4 Å². The number of benzene rings is 1. The summed E-state index contributed by atoms with van der Waals surface area (Å²) in [5.41, 5.74) is 3.02. The molecule has 1 aliphatic carbocycles. The third-order valence-electron chi connectivity index (χ3n) is 4.52. The zero-order valence-electron chi connectivity index (χ0n) is 14.4. The third kappa shape index (κ3) is 3.09. The molecule has 1 heterocycles. The van der Waals surface area contributed by atoms with Crippen molar-refractivity contribution < 1.29 is 14.3 Å². The first-order valence-corrected chi connectivity index (χ1v) is 8.17. The van der Waals surface area contributed by atoms with E-state index in [1.165, 1.54) is 24.2 Å². The van der Waals surface area contributed by atoms with Crippen LogP contribution in [0.25, 0.3) is 0 Å². The normalized spacial score (nSPS) is 13.3. The molecule has 24 heavy (non-hydrogen) atoms. The summed E-state index contributed by atoms with van der Waals surface area (Å²) in [6, 6.07) is 5.13. The van der Waals surface area contributed by atoms with Gasteiger partial charge < -0.3 is 19.4 Å². The zero-order valence-corrected chi connectivity index (χ0v) is 14.4. The maximum atomic E-state index is 12.4. The molecule has 2 aromatic rings. The molecule has 1 aromatic heterocycles. The molecule has 0 saturated heterocycles. The van der Waals surface area contributed by atoms with E-state index < -0.39 is 0 Å². The van der Waals surface area contributed by atoms with Gasteiger partial charge in [-0.2, -0.15) is 0 Å². The fourth-order valence-corrected chi connectivity index (χ4v) is 3.14. The molecule has 0 spiro atoms. The quantitative estimate of drug-likeness (QED) is 0.914. The SMILES string of the molecule is COc1ccc(C(=O)NCc2nc3c(n2C)CCCC3)cc1OC. The Kier molecular flexibility index (Phi) is 4.74. The molecule has 0 radical (unpaired) electrons. The highest BCUT2D eigenvalue weighted by molar-refractivity contribution is 5.94. The summed E-state index contributed by atoms with van der Waals surface area (Å²) in [5.74, 6) is 1.89. The highest BCUT2D eigenvalue weighted by Crippen LogP contribution is 2.27. The van der Waals surface area contributed by atoms with Gasteiger partial charge in [-0.05, 0) is 43.9 Å². The van der Waals surface area contributed by atoms with Crippen LogP contribution in [0.4, 0.5) is 0 Å². The second kappa shape index (κ2) is 6.95. The molecule has 6 nitrogen and oxygen atoms in total. The number of aromatic nitrogens is 2. The van der Waals surface area contributed by atoms with Gasteiger partial charge in [-0.15, -0.1) is 0 Å². The summed E-state index contributed by atoms with van der Waals surface area (Å²) in [6.07, 6.45) is 4.51. The summed E-state index contributed by atoms with van der Waals surface area (Å²) in [5, 5.41) is 2.94. The Morgan fingerprint density at radius 3 is 2.67 bits per heavy atom. The summed E-state index contributed by atoms with van der Waals surface area (Å²) in [4.78, 5) is 17.1. The maximum absolute atomic E-state index is 12.4. The Balaban J connectivity index is 1.71. The Morgan fingerprint density at radius 2 is 1.96 bits per heavy atom. The molecule has 0 unspecified atom stereocenters. The number of carbonyl (C=O) groups excluding carboxylic acids is 1. The second-order valence-electron chi connectivity index (χ2n) is 5.94. The lowest BCUT2D eigenvalue weighted by Crippen LogP contribution is -2.24. The summed E-state index contributed by atoms with van der Waals surface area (Å²) < 4.78 is 12.5. The van der Waals surface area contributed by atoms with Gasteiger partial charge in [-0.3, -0.25) is 4.79 Å². The summed E-state index contributed by atoms with van der Waals surface area (Å²) in [7, 11) is 5.15. The number of amides is 1. The van der Waals surface area contributed by atoms with Crippen LogP contribution < -0.4 is 14.8 Å². The van der Waals surface area contributed by atoms with Crippen molar-refractivity contribution in [2.45, 2.75) is 32.2 Å². The molecule has 0 bridgehead atoms. The molecular formula is C18H23N3O3. The molecule has 6 heteroatoms. The van der Waals surface area contributed by atoms with Crippen LogP contribution in [0.1, 0.15) is 40.4 Å². The summed E-state index contributed by atoms with van der Waals surface area (Å²) in [6.45, 7) is 0.413. The van der Waals surface area contributed by atoms with Crippen LogP contribution in [0.2, 0.25) is 0 Å². The van der Waals surface area contributed by atoms with Crippen molar-refractivity contribution >= 4 is 5.91 Å². The number of rotatable bonds is 5. The van der Waals surface area contributed by atoms with Gasteiger partial charge in [0.15, 0.2) is 11.5 Å². The lowest BCUT2D eigenvalue weighted by atomic mass is 10.0.